The molecule has 4 nitrogen and oxygen atoms in total. The zero-order valence-electron chi connectivity index (χ0n) is 11.6. The van der Waals surface area contributed by atoms with E-state index in [1.54, 1.807) is 19.2 Å². The van der Waals surface area contributed by atoms with Gasteiger partial charge in [-0.2, -0.15) is 0 Å². The van der Waals surface area contributed by atoms with Crippen LogP contribution in [0.5, 0.6) is 0 Å². The van der Waals surface area contributed by atoms with Crippen LogP contribution >= 0.6 is 11.6 Å². The van der Waals surface area contributed by atoms with Crippen molar-refractivity contribution in [3.8, 4) is 0 Å². The number of carbonyl (C=O) groups excluding carboxylic acids is 1. The monoisotopic (exact) mass is 289 g/mol. The van der Waals surface area contributed by atoms with E-state index in [1.165, 1.54) is 4.90 Å². The van der Waals surface area contributed by atoms with Crippen molar-refractivity contribution in [2.75, 3.05) is 17.7 Å². The summed E-state index contributed by atoms with van der Waals surface area (Å²) >= 11 is 6.02. The fraction of sp³-hybridized carbons (Fsp3) is 0.200. The minimum absolute atomic E-state index is 0.160. The lowest BCUT2D eigenvalue weighted by Crippen LogP contribution is -2.27. The minimum atomic E-state index is -0.285. The molecule has 104 valence electrons. The summed E-state index contributed by atoms with van der Waals surface area (Å²) in [5.74, 6) is -0.0149. The number of anilines is 2. The number of nitrogens with zero attached hydrogens (tertiary/aromatic N) is 2. The first kappa shape index (κ1) is 14.3. The van der Waals surface area contributed by atoms with Gasteiger partial charge in [0.25, 0.3) is 5.91 Å². The highest BCUT2D eigenvalue weighted by Gasteiger charge is 2.18. The van der Waals surface area contributed by atoms with E-state index >= 15 is 0 Å². The molecule has 0 spiro atoms. The number of pyridine rings is 1. The van der Waals surface area contributed by atoms with Crippen molar-refractivity contribution >= 4 is 29.0 Å². The number of hydrogen-bond acceptors (Lipinski definition) is 3. The van der Waals surface area contributed by atoms with Gasteiger partial charge < -0.3 is 10.6 Å². The third-order valence-electron chi connectivity index (χ3n) is 2.97. The van der Waals surface area contributed by atoms with Gasteiger partial charge in [0, 0.05) is 12.7 Å². The molecule has 0 radical (unpaired) electrons. The number of halogens is 1. The Morgan fingerprint density at radius 1 is 1.20 bits per heavy atom. The molecule has 0 unspecified atom stereocenters. The van der Waals surface area contributed by atoms with Crippen molar-refractivity contribution in [1.29, 1.82) is 0 Å². The van der Waals surface area contributed by atoms with Gasteiger partial charge in [-0.15, -0.1) is 0 Å². The molecule has 5 heteroatoms. The molecule has 1 aromatic carbocycles. The van der Waals surface area contributed by atoms with Gasteiger partial charge in [-0.05, 0) is 49.2 Å². The summed E-state index contributed by atoms with van der Waals surface area (Å²) in [6, 6.07) is 9.06. The molecule has 0 saturated heterocycles. The SMILES string of the molecule is Cc1cc(C)cc(N(C)C(=O)c2nc(N)ccc2Cl)c1. The second kappa shape index (κ2) is 5.51. The molecule has 2 aromatic rings. The Kier molecular flexibility index (Phi) is 3.95. The Balaban J connectivity index is 2.39. The van der Waals surface area contributed by atoms with Crippen LogP contribution in [0.1, 0.15) is 21.6 Å². The molecule has 1 amide bonds. The highest BCUT2D eigenvalue weighted by molar-refractivity contribution is 6.34. The summed E-state index contributed by atoms with van der Waals surface area (Å²) in [5.41, 5.74) is 8.75. The molecule has 1 aromatic heterocycles. The highest BCUT2D eigenvalue weighted by atomic mass is 35.5. The van der Waals surface area contributed by atoms with E-state index in [4.69, 9.17) is 17.3 Å². The maximum absolute atomic E-state index is 12.5. The van der Waals surface area contributed by atoms with Crippen LogP contribution in [0, 0.1) is 13.8 Å². The number of rotatable bonds is 2. The standard InChI is InChI=1S/C15H16ClN3O/c1-9-6-10(2)8-11(7-9)19(3)15(20)14-12(16)4-5-13(17)18-14/h4-8H,1-3H3,(H2,17,18). The smallest absolute Gasteiger partial charge is 0.278 e. The average Bonchev–Trinajstić information content (AvgIpc) is 2.38. The number of aromatic nitrogens is 1. The second-order valence-electron chi connectivity index (χ2n) is 4.78. The van der Waals surface area contributed by atoms with Gasteiger partial charge in [0.2, 0.25) is 0 Å². The summed E-state index contributed by atoms with van der Waals surface area (Å²) in [7, 11) is 1.69. The summed E-state index contributed by atoms with van der Waals surface area (Å²) in [6.45, 7) is 3.97. The van der Waals surface area contributed by atoms with E-state index in [-0.39, 0.29) is 17.4 Å². The lowest BCUT2D eigenvalue weighted by Gasteiger charge is -2.19. The van der Waals surface area contributed by atoms with E-state index in [2.05, 4.69) is 4.98 Å². The van der Waals surface area contributed by atoms with E-state index in [9.17, 15) is 4.79 Å². The van der Waals surface area contributed by atoms with Crippen molar-refractivity contribution in [2.24, 2.45) is 0 Å². The molecule has 1 heterocycles. The molecule has 0 fully saturated rings. The molecule has 0 bridgehead atoms. The first-order valence-electron chi connectivity index (χ1n) is 6.17. The minimum Gasteiger partial charge on any atom is -0.384 e. The molecule has 2 N–H and O–H groups in total. The number of benzene rings is 1. The highest BCUT2D eigenvalue weighted by Crippen LogP contribution is 2.22. The second-order valence-corrected chi connectivity index (χ2v) is 5.18. The quantitative estimate of drug-likeness (QED) is 0.923. The first-order chi connectivity index (χ1) is 9.38. The maximum atomic E-state index is 12.5. The van der Waals surface area contributed by atoms with Crippen molar-refractivity contribution in [3.05, 3.63) is 52.2 Å². The number of hydrogen-bond donors (Lipinski definition) is 1. The van der Waals surface area contributed by atoms with E-state index in [0.29, 0.717) is 5.02 Å². The van der Waals surface area contributed by atoms with Crippen LogP contribution in [-0.4, -0.2) is 17.9 Å². The van der Waals surface area contributed by atoms with E-state index in [1.807, 2.05) is 32.0 Å². The van der Waals surface area contributed by atoms with Crippen molar-refractivity contribution in [2.45, 2.75) is 13.8 Å². The van der Waals surface area contributed by atoms with Crippen LogP contribution in [0.25, 0.3) is 0 Å². The van der Waals surface area contributed by atoms with Gasteiger partial charge in [0.15, 0.2) is 0 Å². The van der Waals surface area contributed by atoms with Gasteiger partial charge in [-0.3, -0.25) is 4.79 Å². The Bertz CT molecular complexity index is 650. The van der Waals surface area contributed by atoms with E-state index < -0.39 is 0 Å². The van der Waals surface area contributed by atoms with Crippen LogP contribution in [0.3, 0.4) is 0 Å². The molecular formula is C15H16ClN3O. The van der Waals surface area contributed by atoms with Gasteiger partial charge in [-0.25, -0.2) is 4.98 Å². The molecule has 0 atom stereocenters. The zero-order chi connectivity index (χ0) is 14.9. The van der Waals surface area contributed by atoms with Crippen LogP contribution in [0.4, 0.5) is 11.5 Å². The lowest BCUT2D eigenvalue weighted by atomic mass is 10.1. The number of nitrogen functional groups attached to an aromatic ring is 1. The van der Waals surface area contributed by atoms with Crippen LogP contribution in [-0.2, 0) is 0 Å². The summed E-state index contributed by atoms with van der Waals surface area (Å²) in [4.78, 5) is 18.0. The fourth-order valence-electron chi connectivity index (χ4n) is 2.03. The molecule has 0 saturated carbocycles. The normalized spacial score (nSPS) is 10.4. The predicted octanol–water partition coefficient (Wildman–Crippen LogP) is 3.21. The van der Waals surface area contributed by atoms with Crippen LogP contribution in [0.2, 0.25) is 5.02 Å². The van der Waals surface area contributed by atoms with Crippen molar-refractivity contribution < 1.29 is 4.79 Å². The third-order valence-corrected chi connectivity index (χ3v) is 3.27. The third kappa shape index (κ3) is 2.91. The van der Waals surface area contributed by atoms with E-state index in [0.717, 1.165) is 16.8 Å². The maximum Gasteiger partial charge on any atom is 0.278 e. The summed E-state index contributed by atoms with van der Waals surface area (Å²) in [6.07, 6.45) is 0. The number of carbonyl (C=O) groups is 1. The van der Waals surface area contributed by atoms with Gasteiger partial charge in [0.05, 0.1) is 5.02 Å². The van der Waals surface area contributed by atoms with Gasteiger partial charge in [-0.1, -0.05) is 17.7 Å². The zero-order valence-corrected chi connectivity index (χ0v) is 12.4. The Labute approximate surface area is 123 Å². The van der Waals surface area contributed by atoms with Crippen molar-refractivity contribution in [1.82, 2.24) is 4.98 Å². The Morgan fingerprint density at radius 2 is 1.80 bits per heavy atom. The summed E-state index contributed by atoms with van der Waals surface area (Å²) in [5, 5.41) is 0.292. The molecule has 2 rings (SSSR count). The molecule has 0 aliphatic carbocycles. The Morgan fingerprint density at radius 3 is 2.40 bits per heavy atom. The van der Waals surface area contributed by atoms with Crippen LogP contribution < -0.4 is 10.6 Å². The molecule has 0 aliphatic rings. The van der Waals surface area contributed by atoms with Gasteiger partial charge >= 0.3 is 0 Å². The lowest BCUT2D eigenvalue weighted by molar-refractivity contribution is 0.0988. The average molecular weight is 290 g/mol. The largest absolute Gasteiger partial charge is 0.384 e. The molecule has 20 heavy (non-hydrogen) atoms. The topological polar surface area (TPSA) is 59.2 Å². The Hall–Kier alpha value is -2.07. The molecule has 0 aliphatic heterocycles. The number of nitrogens with two attached hydrogens (primary N) is 1. The van der Waals surface area contributed by atoms with Gasteiger partial charge in [0.1, 0.15) is 11.5 Å². The van der Waals surface area contributed by atoms with Crippen molar-refractivity contribution in [3.63, 3.8) is 0 Å². The summed E-state index contributed by atoms with van der Waals surface area (Å²) < 4.78 is 0. The van der Waals surface area contributed by atoms with Crippen LogP contribution in [0.15, 0.2) is 30.3 Å². The fourth-order valence-corrected chi connectivity index (χ4v) is 2.21. The predicted molar refractivity (Wildman–Crippen MR) is 82.3 cm³/mol. The number of aryl methyl sites for hydroxylation is 2. The first-order valence-corrected chi connectivity index (χ1v) is 6.54. The number of amides is 1. The molecular weight excluding hydrogens is 274 g/mol.